The SMILES string of the molecule is CCCCCCC(NC)c1ccc2[nH]c(=O)[nH]c2c1. The van der Waals surface area contributed by atoms with Crippen LogP contribution in [-0.2, 0) is 0 Å². The van der Waals surface area contributed by atoms with Crippen LogP contribution in [0.3, 0.4) is 0 Å². The molecule has 0 radical (unpaired) electrons. The van der Waals surface area contributed by atoms with Gasteiger partial charge in [0, 0.05) is 6.04 Å². The predicted molar refractivity (Wildman–Crippen MR) is 79.5 cm³/mol. The van der Waals surface area contributed by atoms with Crippen molar-refractivity contribution in [3.05, 3.63) is 34.2 Å². The van der Waals surface area contributed by atoms with Gasteiger partial charge in [0.05, 0.1) is 11.0 Å². The number of aromatic amines is 2. The minimum absolute atomic E-state index is 0.142. The first-order valence-electron chi connectivity index (χ1n) is 7.13. The number of imidazole rings is 1. The van der Waals surface area contributed by atoms with Crippen LogP contribution < -0.4 is 11.0 Å². The van der Waals surface area contributed by atoms with E-state index < -0.39 is 0 Å². The molecule has 1 aromatic carbocycles. The number of fused-ring (bicyclic) bond motifs is 1. The van der Waals surface area contributed by atoms with Crippen molar-refractivity contribution in [2.45, 2.75) is 45.1 Å². The third-order valence-electron chi connectivity index (χ3n) is 3.64. The van der Waals surface area contributed by atoms with Gasteiger partial charge in [-0.1, -0.05) is 38.7 Å². The molecule has 0 fully saturated rings. The van der Waals surface area contributed by atoms with Gasteiger partial charge in [0.1, 0.15) is 0 Å². The van der Waals surface area contributed by atoms with Crippen molar-refractivity contribution >= 4 is 11.0 Å². The maximum atomic E-state index is 11.3. The van der Waals surface area contributed by atoms with Gasteiger partial charge in [-0.3, -0.25) is 0 Å². The zero-order valence-corrected chi connectivity index (χ0v) is 11.8. The van der Waals surface area contributed by atoms with Gasteiger partial charge in [0.15, 0.2) is 0 Å². The van der Waals surface area contributed by atoms with Crippen LogP contribution in [0.15, 0.2) is 23.0 Å². The first kappa shape index (κ1) is 13.9. The molecule has 0 aliphatic carbocycles. The fourth-order valence-corrected chi connectivity index (χ4v) is 2.52. The molecule has 104 valence electrons. The van der Waals surface area contributed by atoms with E-state index in [4.69, 9.17) is 0 Å². The molecular formula is C15H23N3O. The van der Waals surface area contributed by atoms with Crippen LogP contribution in [0.25, 0.3) is 11.0 Å². The van der Waals surface area contributed by atoms with Crippen LogP contribution in [0.5, 0.6) is 0 Å². The van der Waals surface area contributed by atoms with E-state index in [-0.39, 0.29) is 5.69 Å². The van der Waals surface area contributed by atoms with Crippen LogP contribution in [0.1, 0.15) is 50.6 Å². The Hall–Kier alpha value is -1.55. The lowest BCUT2D eigenvalue weighted by Gasteiger charge is -2.16. The Morgan fingerprint density at radius 2 is 1.95 bits per heavy atom. The van der Waals surface area contributed by atoms with Crippen molar-refractivity contribution in [3.63, 3.8) is 0 Å². The average Bonchev–Trinajstić information content (AvgIpc) is 2.78. The molecule has 0 saturated carbocycles. The van der Waals surface area contributed by atoms with E-state index in [0.717, 1.165) is 17.5 Å². The van der Waals surface area contributed by atoms with Gasteiger partial charge in [-0.25, -0.2) is 4.79 Å². The maximum absolute atomic E-state index is 11.3. The molecule has 3 N–H and O–H groups in total. The summed E-state index contributed by atoms with van der Waals surface area (Å²) in [5.41, 5.74) is 2.85. The highest BCUT2D eigenvalue weighted by atomic mass is 16.1. The standard InChI is InChI=1S/C15H23N3O/c1-3-4-5-6-7-12(16-2)11-8-9-13-14(10-11)18-15(19)17-13/h8-10,12,16H,3-7H2,1-2H3,(H2,17,18,19). The first-order chi connectivity index (χ1) is 9.24. The van der Waals surface area contributed by atoms with E-state index in [1.54, 1.807) is 0 Å². The van der Waals surface area contributed by atoms with E-state index >= 15 is 0 Å². The van der Waals surface area contributed by atoms with Crippen molar-refractivity contribution in [3.8, 4) is 0 Å². The molecule has 1 atom stereocenters. The number of aromatic nitrogens is 2. The maximum Gasteiger partial charge on any atom is 0.323 e. The predicted octanol–water partition coefficient (Wildman–Crippen LogP) is 3.09. The van der Waals surface area contributed by atoms with Gasteiger partial charge in [-0.2, -0.15) is 0 Å². The smallest absolute Gasteiger partial charge is 0.313 e. The van der Waals surface area contributed by atoms with Crippen LogP contribution >= 0.6 is 0 Å². The highest BCUT2D eigenvalue weighted by molar-refractivity contribution is 5.75. The molecule has 1 aromatic heterocycles. The van der Waals surface area contributed by atoms with Crippen LogP contribution in [-0.4, -0.2) is 17.0 Å². The van der Waals surface area contributed by atoms with Crippen molar-refractivity contribution in [2.24, 2.45) is 0 Å². The Morgan fingerprint density at radius 3 is 2.68 bits per heavy atom. The summed E-state index contributed by atoms with van der Waals surface area (Å²) in [5, 5.41) is 3.36. The van der Waals surface area contributed by atoms with Gasteiger partial charge in [-0.05, 0) is 31.2 Å². The molecule has 0 amide bonds. The summed E-state index contributed by atoms with van der Waals surface area (Å²) in [6.07, 6.45) is 6.23. The van der Waals surface area contributed by atoms with Crippen LogP contribution in [0.4, 0.5) is 0 Å². The first-order valence-corrected chi connectivity index (χ1v) is 7.13. The lowest BCUT2D eigenvalue weighted by molar-refractivity contribution is 0.505. The normalized spacial score (nSPS) is 12.9. The molecule has 4 nitrogen and oxygen atoms in total. The fraction of sp³-hybridized carbons (Fsp3) is 0.533. The van der Waals surface area contributed by atoms with E-state index in [9.17, 15) is 4.79 Å². The summed E-state index contributed by atoms with van der Waals surface area (Å²) >= 11 is 0. The third kappa shape index (κ3) is 3.47. The summed E-state index contributed by atoms with van der Waals surface area (Å²) < 4.78 is 0. The highest BCUT2D eigenvalue weighted by Crippen LogP contribution is 2.22. The van der Waals surface area contributed by atoms with Crippen molar-refractivity contribution in [1.82, 2.24) is 15.3 Å². The minimum atomic E-state index is -0.142. The number of hydrogen-bond acceptors (Lipinski definition) is 2. The topological polar surface area (TPSA) is 60.7 Å². The number of H-pyrrole nitrogens is 2. The number of benzene rings is 1. The number of hydrogen-bond donors (Lipinski definition) is 3. The minimum Gasteiger partial charge on any atom is -0.313 e. The van der Waals surface area contributed by atoms with E-state index in [1.165, 1.54) is 31.2 Å². The van der Waals surface area contributed by atoms with Crippen molar-refractivity contribution in [2.75, 3.05) is 7.05 Å². The third-order valence-corrected chi connectivity index (χ3v) is 3.64. The lowest BCUT2D eigenvalue weighted by atomic mass is 10.00. The fourth-order valence-electron chi connectivity index (χ4n) is 2.52. The number of unbranched alkanes of at least 4 members (excludes halogenated alkanes) is 3. The van der Waals surface area contributed by atoms with Gasteiger partial charge in [-0.15, -0.1) is 0 Å². The molecular weight excluding hydrogens is 238 g/mol. The second-order valence-corrected chi connectivity index (χ2v) is 5.07. The molecule has 0 aliphatic rings. The Labute approximate surface area is 113 Å². The summed E-state index contributed by atoms with van der Waals surface area (Å²) in [6.45, 7) is 2.23. The van der Waals surface area contributed by atoms with Crippen LogP contribution in [0, 0.1) is 0 Å². The zero-order chi connectivity index (χ0) is 13.7. The van der Waals surface area contributed by atoms with Gasteiger partial charge in [0.25, 0.3) is 0 Å². The lowest BCUT2D eigenvalue weighted by Crippen LogP contribution is -2.16. The molecule has 4 heteroatoms. The Morgan fingerprint density at radius 1 is 1.16 bits per heavy atom. The van der Waals surface area contributed by atoms with Gasteiger partial charge < -0.3 is 15.3 Å². The van der Waals surface area contributed by atoms with E-state index in [1.807, 2.05) is 13.1 Å². The summed E-state index contributed by atoms with van der Waals surface area (Å²) in [7, 11) is 1.99. The van der Waals surface area contributed by atoms with Crippen molar-refractivity contribution in [1.29, 1.82) is 0 Å². The molecule has 0 bridgehead atoms. The molecule has 0 saturated heterocycles. The molecule has 1 heterocycles. The molecule has 2 rings (SSSR count). The van der Waals surface area contributed by atoms with E-state index in [0.29, 0.717) is 6.04 Å². The monoisotopic (exact) mass is 261 g/mol. The number of rotatable bonds is 7. The van der Waals surface area contributed by atoms with Gasteiger partial charge in [0.2, 0.25) is 0 Å². The molecule has 0 spiro atoms. The Bertz CT molecular complexity index is 570. The number of nitrogens with one attached hydrogen (secondary N) is 3. The quantitative estimate of drug-likeness (QED) is 0.671. The second-order valence-electron chi connectivity index (χ2n) is 5.07. The average molecular weight is 261 g/mol. The van der Waals surface area contributed by atoms with Crippen LogP contribution in [0.2, 0.25) is 0 Å². The molecule has 0 aliphatic heterocycles. The van der Waals surface area contributed by atoms with E-state index in [2.05, 4.69) is 34.3 Å². The second kappa shape index (κ2) is 6.57. The molecule has 1 unspecified atom stereocenters. The summed E-state index contributed by atoms with van der Waals surface area (Å²) in [5.74, 6) is 0. The van der Waals surface area contributed by atoms with Gasteiger partial charge >= 0.3 is 5.69 Å². The Balaban J connectivity index is 2.08. The molecule has 19 heavy (non-hydrogen) atoms. The summed E-state index contributed by atoms with van der Waals surface area (Å²) in [6, 6.07) is 6.49. The zero-order valence-electron chi connectivity index (χ0n) is 11.8. The van der Waals surface area contributed by atoms with Crippen molar-refractivity contribution < 1.29 is 0 Å². The Kier molecular flexibility index (Phi) is 4.80. The highest BCUT2D eigenvalue weighted by Gasteiger charge is 2.10. The largest absolute Gasteiger partial charge is 0.323 e. The molecule has 2 aromatic rings. The summed E-state index contributed by atoms with van der Waals surface area (Å²) in [4.78, 5) is 16.8.